The van der Waals surface area contributed by atoms with Gasteiger partial charge in [0.2, 0.25) is 0 Å². The first kappa shape index (κ1) is 21.7. The fourth-order valence-electron chi connectivity index (χ4n) is 4.40. The summed E-state index contributed by atoms with van der Waals surface area (Å²) in [5.74, 6) is 0.0727. The number of benzene rings is 1. The monoisotopic (exact) mass is 451 g/mol. The molecule has 2 aromatic rings. The van der Waals surface area contributed by atoms with Crippen LogP contribution in [0.15, 0.2) is 53.0 Å². The molecule has 2 N–H and O–H groups in total. The van der Waals surface area contributed by atoms with Crippen molar-refractivity contribution in [2.24, 2.45) is 5.73 Å². The SMILES string of the molecule is Cc1c(Cl)cccc1N1C(N)=C(C#N)[C@@H](c2ccc(C(C)(C)C)s2)C2=C1CCCC2=O. The molecule has 0 amide bonds. The summed E-state index contributed by atoms with van der Waals surface area (Å²) in [6.07, 6.45) is 2.00. The van der Waals surface area contributed by atoms with Crippen molar-refractivity contribution in [2.75, 3.05) is 4.90 Å². The van der Waals surface area contributed by atoms with E-state index in [1.165, 1.54) is 4.88 Å². The molecule has 4 nitrogen and oxygen atoms in total. The number of hydrogen-bond acceptors (Lipinski definition) is 5. The Balaban J connectivity index is 1.96. The number of ketones is 1. The number of hydrogen-bond donors (Lipinski definition) is 1. The number of thiophene rings is 1. The minimum Gasteiger partial charge on any atom is -0.384 e. The van der Waals surface area contributed by atoms with Crippen LogP contribution in [0.25, 0.3) is 0 Å². The molecule has 160 valence electrons. The Morgan fingerprint density at radius 1 is 1.23 bits per heavy atom. The number of halogens is 1. The number of Topliss-reactive ketones (excluding diaryl/α,β-unsaturated/α-hetero) is 1. The first-order chi connectivity index (χ1) is 14.6. The number of nitrogens with zero attached hydrogens (tertiary/aromatic N) is 2. The average Bonchev–Trinajstić information content (AvgIpc) is 3.20. The van der Waals surface area contributed by atoms with Crippen LogP contribution in [0.1, 0.15) is 61.3 Å². The summed E-state index contributed by atoms with van der Waals surface area (Å²) in [4.78, 5) is 17.3. The third-order valence-electron chi connectivity index (χ3n) is 6.04. The molecule has 1 aromatic heterocycles. The maximum atomic E-state index is 13.2. The zero-order chi connectivity index (χ0) is 22.5. The fourth-order valence-corrected chi connectivity index (χ4v) is 5.75. The molecule has 4 rings (SSSR count). The van der Waals surface area contributed by atoms with E-state index in [2.05, 4.69) is 32.9 Å². The van der Waals surface area contributed by atoms with Crippen LogP contribution in [0.3, 0.4) is 0 Å². The summed E-state index contributed by atoms with van der Waals surface area (Å²) in [7, 11) is 0. The van der Waals surface area contributed by atoms with Crippen LogP contribution in [0.4, 0.5) is 5.69 Å². The largest absolute Gasteiger partial charge is 0.384 e. The van der Waals surface area contributed by atoms with Crippen molar-refractivity contribution in [1.29, 1.82) is 5.26 Å². The van der Waals surface area contributed by atoms with Crippen molar-refractivity contribution >= 4 is 34.4 Å². The summed E-state index contributed by atoms with van der Waals surface area (Å²) in [5.41, 5.74) is 10.4. The van der Waals surface area contributed by atoms with Gasteiger partial charge in [0, 0.05) is 32.5 Å². The summed E-state index contributed by atoms with van der Waals surface area (Å²) < 4.78 is 0. The van der Waals surface area contributed by atoms with Gasteiger partial charge < -0.3 is 5.73 Å². The van der Waals surface area contributed by atoms with Gasteiger partial charge in [0.05, 0.1) is 23.2 Å². The van der Waals surface area contributed by atoms with Crippen LogP contribution < -0.4 is 10.6 Å². The van der Waals surface area contributed by atoms with Gasteiger partial charge in [-0.05, 0) is 55.0 Å². The lowest BCUT2D eigenvalue weighted by molar-refractivity contribution is -0.116. The predicted octanol–water partition coefficient (Wildman–Crippen LogP) is 6.31. The van der Waals surface area contributed by atoms with Gasteiger partial charge >= 0.3 is 0 Å². The quantitative estimate of drug-likeness (QED) is 0.580. The van der Waals surface area contributed by atoms with Crippen molar-refractivity contribution in [3.63, 3.8) is 0 Å². The van der Waals surface area contributed by atoms with Gasteiger partial charge in [-0.25, -0.2) is 0 Å². The van der Waals surface area contributed by atoms with Crippen LogP contribution in [-0.4, -0.2) is 5.78 Å². The van der Waals surface area contributed by atoms with E-state index in [0.29, 0.717) is 28.4 Å². The van der Waals surface area contributed by atoms with Crippen LogP contribution in [0, 0.1) is 18.3 Å². The number of nitriles is 1. The molecule has 2 aliphatic rings. The zero-order valence-electron chi connectivity index (χ0n) is 18.3. The number of allylic oxidation sites excluding steroid dienone is 3. The molecule has 0 bridgehead atoms. The van der Waals surface area contributed by atoms with E-state index in [-0.39, 0.29) is 11.2 Å². The van der Waals surface area contributed by atoms with Crippen LogP contribution >= 0.6 is 22.9 Å². The molecule has 0 spiro atoms. The van der Waals surface area contributed by atoms with Crippen molar-refractivity contribution in [2.45, 2.75) is 58.3 Å². The highest BCUT2D eigenvalue weighted by atomic mass is 35.5. The molecule has 0 saturated heterocycles. The Morgan fingerprint density at radius 2 is 1.97 bits per heavy atom. The van der Waals surface area contributed by atoms with E-state index in [4.69, 9.17) is 17.3 Å². The van der Waals surface area contributed by atoms with E-state index >= 15 is 0 Å². The van der Waals surface area contributed by atoms with Gasteiger partial charge in [0.15, 0.2) is 5.78 Å². The number of anilines is 1. The van der Waals surface area contributed by atoms with Crippen LogP contribution in [0.2, 0.25) is 5.02 Å². The second-order valence-electron chi connectivity index (χ2n) is 9.15. The predicted molar refractivity (Wildman–Crippen MR) is 127 cm³/mol. The lowest BCUT2D eigenvalue weighted by Crippen LogP contribution is -2.38. The third kappa shape index (κ3) is 3.58. The van der Waals surface area contributed by atoms with E-state index in [0.717, 1.165) is 34.7 Å². The Bertz CT molecular complexity index is 1180. The van der Waals surface area contributed by atoms with Gasteiger partial charge in [-0.3, -0.25) is 9.69 Å². The molecule has 31 heavy (non-hydrogen) atoms. The number of rotatable bonds is 2. The summed E-state index contributed by atoms with van der Waals surface area (Å²) >= 11 is 8.06. The van der Waals surface area contributed by atoms with Gasteiger partial charge in [0.1, 0.15) is 5.82 Å². The normalized spacial score (nSPS) is 19.5. The number of nitrogens with two attached hydrogens (primary N) is 1. The highest BCUT2D eigenvalue weighted by molar-refractivity contribution is 7.12. The topological polar surface area (TPSA) is 70.1 Å². The van der Waals surface area contributed by atoms with Gasteiger partial charge in [-0.2, -0.15) is 5.26 Å². The summed E-state index contributed by atoms with van der Waals surface area (Å²) in [6.45, 7) is 8.43. The number of carbonyl (C=O) groups excluding carboxylic acids is 1. The Hall–Kier alpha value is -2.55. The second-order valence-corrected chi connectivity index (χ2v) is 10.7. The Labute approximate surface area is 192 Å². The second kappa shape index (κ2) is 7.85. The Kier molecular flexibility index (Phi) is 5.49. The maximum absolute atomic E-state index is 13.2. The van der Waals surface area contributed by atoms with E-state index < -0.39 is 5.92 Å². The molecule has 1 aliphatic heterocycles. The van der Waals surface area contributed by atoms with Crippen molar-refractivity contribution in [3.05, 3.63) is 73.3 Å². The summed E-state index contributed by atoms with van der Waals surface area (Å²) in [6, 6.07) is 12.1. The van der Waals surface area contributed by atoms with Gasteiger partial charge in [-0.15, -0.1) is 11.3 Å². The molecule has 2 heterocycles. The van der Waals surface area contributed by atoms with Gasteiger partial charge in [0.25, 0.3) is 0 Å². The molecule has 6 heteroatoms. The fraction of sp³-hybridized carbons (Fsp3) is 0.360. The minimum absolute atomic E-state index is 0.00261. The maximum Gasteiger partial charge on any atom is 0.161 e. The number of carbonyl (C=O) groups is 1. The first-order valence-corrected chi connectivity index (χ1v) is 11.7. The molecule has 1 aromatic carbocycles. The highest BCUT2D eigenvalue weighted by Gasteiger charge is 2.41. The molecule has 1 aliphatic carbocycles. The summed E-state index contributed by atoms with van der Waals surface area (Å²) in [5, 5.41) is 10.8. The molecule has 0 saturated carbocycles. The highest BCUT2D eigenvalue weighted by Crippen LogP contribution is 2.49. The minimum atomic E-state index is -0.412. The van der Waals surface area contributed by atoms with Crippen LogP contribution in [-0.2, 0) is 10.2 Å². The van der Waals surface area contributed by atoms with Crippen LogP contribution in [0.5, 0.6) is 0 Å². The standard InChI is InChI=1S/C25H26ClN3OS/c1-14-16(26)7-5-8-17(14)29-18-9-6-10-19(30)23(18)22(15(13-27)24(29)28)20-11-12-21(31-20)25(2,3)4/h5,7-8,11-12,22H,6,9-10,28H2,1-4H3/t22-/m0/s1. The van der Waals surface area contributed by atoms with E-state index in [1.807, 2.05) is 36.1 Å². The average molecular weight is 452 g/mol. The lowest BCUT2D eigenvalue weighted by atomic mass is 9.78. The van der Waals surface area contributed by atoms with Gasteiger partial charge in [-0.1, -0.05) is 38.4 Å². The zero-order valence-corrected chi connectivity index (χ0v) is 19.8. The molecular weight excluding hydrogens is 426 g/mol. The molecule has 0 unspecified atom stereocenters. The van der Waals surface area contributed by atoms with E-state index in [9.17, 15) is 10.1 Å². The lowest BCUT2D eigenvalue weighted by Gasteiger charge is -2.40. The van der Waals surface area contributed by atoms with Crippen molar-refractivity contribution < 1.29 is 4.79 Å². The first-order valence-electron chi connectivity index (χ1n) is 10.5. The molecular formula is C25H26ClN3OS. The third-order valence-corrected chi connectivity index (χ3v) is 8.03. The Morgan fingerprint density at radius 3 is 2.61 bits per heavy atom. The molecule has 1 atom stereocenters. The van der Waals surface area contributed by atoms with E-state index in [1.54, 1.807) is 11.3 Å². The smallest absolute Gasteiger partial charge is 0.161 e. The van der Waals surface area contributed by atoms with Crippen molar-refractivity contribution in [3.8, 4) is 6.07 Å². The molecule has 0 fully saturated rings. The van der Waals surface area contributed by atoms with Crippen molar-refractivity contribution in [1.82, 2.24) is 0 Å². The molecule has 0 radical (unpaired) electrons.